The van der Waals surface area contributed by atoms with E-state index in [1.54, 1.807) is 24.3 Å². The number of hydrogen-bond acceptors (Lipinski definition) is 6. The Balaban J connectivity index is 1.47. The molecule has 0 aliphatic carbocycles. The maximum Gasteiger partial charge on any atom is 0.417 e. The molecular weight excluding hydrogens is 455 g/mol. The highest BCUT2D eigenvalue weighted by Crippen LogP contribution is 2.34. The fraction of sp³-hybridized carbons (Fsp3) is 0.263. The Morgan fingerprint density at radius 1 is 1.00 bits per heavy atom. The minimum Gasteiger partial charge on any atom is -0.485 e. The molecule has 1 aliphatic rings. The van der Waals surface area contributed by atoms with Crippen LogP contribution in [0.25, 0.3) is 0 Å². The van der Waals surface area contributed by atoms with Gasteiger partial charge in [-0.25, -0.2) is 13.1 Å². The smallest absolute Gasteiger partial charge is 0.417 e. The van der Waals surface area contributed by atoms with Gasteiger partial charge in [-0.15, -0.1) is 0 Å². The SMILES string of the molecule is O=C(CCNS(=O)(=O)c1ccccc1C(F)(F)F)NNC(=O)[C@@H]1COc2ccccc2O1. The Kier molecular flexibility index (Phi) is 6.89. The summed E-state index contributed by atoms with van der Waals surface area (Å²) in [5.41, 5.74) is 2.88. The molecule has 2 aromatic rings. The van der Waals surface area contributed by atoms with Crippen LogP contribution in [0.5, 0.6) is 11.5 Å². The summed E-state index contributed by atoms with van der Waals surface area (Å²) in [6.45, 7) is -0.580. The number of alkyl halides is 3. The molecule has 13 heteroatoms. The van der Waals surface area contributed by atoms with Crippen molar-refractivity contribution in [2.24, 2.45) is 0 Å². The molecular formula is C19H18F3N3O6S. The highest BCUT2D eigenvalue weighted by atomic mass is 32.2. The van der Waals surface area contributed by atoms with Crippen LogP contribution in [0.15, 0.2) is 53.4 Å². The zero-order valence-corrected chi connectivity index (χ0v) is 17.1. The van der Waals surface area contributed by atoms with Gasteiger partial charge in [0.15, 0.2) is 11.5 Å². The molecule has 172 valence electrons. The number of sulfonamides is 1. The van der Waals surface area contributed by atoms with E-state index in [4.69, 9.17) is 9.47 Å². The number of carbonyl (C=O) groups is 2. The van der Waals surface area contributed by atoms with Crippen molar-refractivity contribution in [1.29, 1.82) is 0 Å². The number of benzene rings is 2. The van der Waals surface area contributed by atoms with Crippen molar-refractivity contribution in [3.8, 4) is 11.5 Å². The first kappa shape index (κ1) is 23.3. The van der Waals surface area contributed by atoms with Gasteiger partial charge in [-0.1, -0.05) is 24.3 Å². The summed E-state index contributed by atoms with van der Waals surface area (Å²) in [6.07, 6.45) is -6.33. The van der Waals surface area contributed by atoms with Gasteiger partial charge in [0.1, 0.15) is 6.61 Å². The monoisotopic (exact) mass is 473 g/mol. The van der Waals surface area contributed by atoms with E-state index >= 15 is 0 Å². The first-order valence-electron chi connectivity index (χ1n) is 9.21. The highest BCUT2D eigenvalue weighted by Gasteiger charge is 2.36. The first-order valence-corrected chi connectivity index (χ1v) is 10.7. The van der Waals surface area contributed by atoms with Crippen LogP contribution in [0.4, 0.5) is 13.2 Å². The van der Waals surface area contributed by atoms with Gasteiger partial charge in [-0.2, -0.15) is 13.2 Å². The Morgan fingerprint density at radius 3 is 2.38 bits per heavy atom. The molecule has 0 spiro atoms. The molecule has 3 rings (SSSR count). The molecule has 0 bridgehead atoms. The Morgan fingerprint density at radius 2 is 1.66 bits per heavy atom. The van der Waals surface area contributed by atoms with Crippen LogP contribution in [-0.2, 0) is 25.8 Å². The summed E-state index contributed by atoms with van der Waals surface area (Å²) in [4.78, 5) is 23.0. The molecule has 0 fully saturated rings. The molecule has 32 heavy (non-hydrogen) atoms. The number of rotatable bonds is 6. The molecule has 0 saturated heterocycles. The second-order valence-electron chi connectivity index (χ2n) is 6.54. The van der Waals surface area contributed by atoms with Crippen LogP contribution in [0, 0.1) is 0 Å². The molecule has 0 radical (unpaired) electrons. The third-order valence-corrected chi connectivity index (χ3v) is 5.77. The van der Waals surface area contributed by atoms with Crippen LogP contribution in [-0.4, -0.2) is 39.5 Å². The van der Waals surface area contributed by atoms with Crippen molar-refractivity contribution >= 4 is 21.8 Å². The van der Waals surface area contributed by atoms with E-state index in [9.17, 15) is 31.2 Å². The van der Waals surface area contributed by atoms with Gasteiger partial charge in [-0.3, -0.25) is 20.4 Å². The largest absolute Gasteiger partial charge is 0.485 e. The number of para-hydroxylation sites is 2. The summed E-state index contributed by atoms with van der Waals surface area (Å²) in [5.74, 6) is -0.645. The lowest BCUT2D eigenvalue weighted by molar-refractivity contribution is -0.140. The third-order valence-electron chi connectivity index (χ3n) is 4.25. The fourth-order valence-corrected chi connectivity index (χ4v) is 3.99. The lowest BCUT2D eigenvalue weighted by Crippen LogP contribution is -2.51. The van der Waals surface area contributed by atoms with Crippen LogP contribution >= 0.6 is 0 Å². The van der Waals surface area contributed by atoms with Gasteiger partial charge in [0.25, 0.3) is 5.91 Å². The van der Waals surface area contributed by atoms with Gasteiger partial charge in [0.05, 0.1) is 10.5 Å². The zero-order chi connectivity index (χ0) is 23.4. The summed E-state index contributed by atoms with van der Waals surface area (Å²) < 4.78 is 76.3. The topological polar surface area (TPSA) is 123 Å². The number of carbonyl (C=O) groups excluding carboxylic acids is 2. The molecule has 0 saturated carbocycles. The molecule has 9 nitrogen and oxygen atoms in total. The van der Waals surface area contributed by atoms with Crippen molar-refractivity contribution in [3.05, 3.63) is 54.1 Å². The second kappa shape index (κ2) is 9.44. The Hall–Kier alpha value is -3.32. The molecule has 2 aromatic carbocycles. The number of halogens is 3. The van der Waals surface area contributed by atoms with E-state index in [1.165, 1.54) is 0 Å². The Labute approximate surface area is 180 Å². The highest BCUT2D eigenvalue weighted by molar-refractivity contribution is 7.89. The third kappa shape index (κ3) is 5.68. The Bertz CT molecular complexity index is 1110. The van der Waals surface area contributed by atoms with Gasteiger partial charge in [0, 0.05) is 13.0 Å². The quantitative estimate of drug-likeness (QED) is 0.545. The van der Waals surface area contributed by atoms with E-state index in [0.29, 0.717) is 17.6 Å². The van der Waals surface area contributed by atoms with Crippen molar-refractivity contribution < 1.29 is 40.7 Å². The number of ether oxygens (including phenoxy) is 2. The van der Waals surface area contributed by atoms with E-state index in [2.05, 4.69) is 10.9 Å². The number of nitrogens with one attached hydrogen (secondary N) is 3. The molecule has 0 unspecified atom stereocenters. The summed E-state index contributed by atoms with van der Waals surface area (Å²) >= 11 is 0. The van der Waals surface area contributed by atoms with Crippen LogP contribution in [0.3, 0.4) is 0 Å². The molecule has 2 amide bonds. The maximum absolute atomic E-state index is 13.0. The average molecular weight is 473 g/mol. The van der Waals surface area contributed by atoms with Crippen molar-refractivity contribution in [3.63, 3.8) is 0 Å². The van der Waals surface area contributed by atoms with Crippen molar-refractivity contribution in [2.45, 2.75) is 23.6 Å². The normalized spacial score (nSPS) is 15.7. The van der Waals surface area contributed by atoms with Crippen molar-refractivity contribution in [2.75, 3.05) is 13.2 Å². The lowest BCUT2D eigenvalue weighted by Gasteiger charge is -2.25. The number of fused-ring (bicyclic) bond motifs is 1. The second-order valence-corrected chi connectivity index (χ2v) is 8.28. The van der Waals surface area contributed by atoms with E-state index < -0.39 is 57.5 Å². The maximum atomic E-state index is 13.0. The predicted octanol–water partition coefficient (Wildman–Crippen LogP) is 1.36. The number of amides is 2. The zero-order valence-electron chi connectivity index (χ0n) is 16.3. The van der Waals surface area contributed by atoms with E-state index in [-0.39, 0.29) is 6.61 Å². The molecule has 1 heterocycles. The molecule has 3 N–H and O–H groups in total. The van der Waals surface area contributed by atoms with Gasteiger partial charge < -0.3 is 9.47 Å². The first-order chi connectivity index (χ1) is 15.1. The number of hydrazine groups is 1. The van der Waals surface area contributed by atoms with Gasteiger partial charge >= 0.3 is 6.18 Å². The summed E-state index contributed by atoms with van der Waals surface area (Å²) in [6, 6.07) is 10.4. The lowest BCUT2D eigenvalue weighted by atomic mass is 10.2. The average Bonchev–Trinajstić information content (AvgIpc) is 2.76. The standard InChI is InChI=1S/C19H18F3N3O6S/c20-19(21,22)12-5-1-4-8-16(12)32(28,29)23-10-9-17(26)24-25-18(27)15-11-30-13-6-2-3-7-14(13)31-15/h1-8,15,23H,9-11H2,(H,24,26)(H,25,27)/t15-/m0/s1. The molecule has 1 atom stereocenters. The van der Waals surface area contributed by atoms with Crippen molar-refractivity contribution in [1.82, 2.24) is 15.6 Å². The van der Waals surface area contributed by atoms with Gasteiger partial charge in [0.2, 0.25) is 22.0 Å². The van der Waals surface area contributed by atoms with Gasteiger partial charge in [-0.05, 0) is 24.3 Å². The summed E-state index contributed by atoms with van der Waals surface area (Å²) in [7, 11) is -4.52. The van der Waals surface area contributed by atoms with Crippen LogP contribution < -0.4 is 25.0 Å². The van der Waals surface area contributed by atoms with Crippen LogP contribution in [0.1, 0.15) is 12.0 Å². The molecule has 1 aliphatic heterocycles. The molecule has 0 aromatic heterocycles. The number of hydrogen-bond donors (Lipinski definition) is 3. The minimum absolute atomic E-state index is 0.0862. The minimum atomic E-state index is -4.86. The van der Waals surface area contributed by atoms with Crippen LogP contribution in [0.2, 0.25) is 0 Å². The summed E-state index contributed by atoms with van der Waals surface area (Å²) in [5, 5.41) is 0. The predicted molar refractivity (Wildman–Crippen MR) is 104 cm³/mol. The van der Waals surface area contributed by atoms with E-state index in [1.807, 2.05) is 4.72 Å². The fourth-order valence-electron chi connectivity index (χ4n) is 2.73. The van der Waals surface area contributed by atoms with E-state index in [0.717, 1.165) is 18.2 Å².